The molecule has 0 aromatic heterocycles. The molecule has 0 saturated carbocycles. The van der Waals surface area contributed by atoms with Gasteiger partial charge in [0.05, 0.1) is 5.60 Å². The Bertz CT molecular complexity index is 314. The first-order valence-electron chi connectivity index (χ1n) is 6.46. The summed E-state index contributed by atoms with van der Waals surface area (Å²) in [6.07, 6.45) is 2.15. The number of aldehydes is 1. The highest BCUT2D eigenvalue weighted by Gasteiger charge is 2.36. The van der Waals surface area contributed by atoms with Crippen LogP contribution >= 0.6 is 0 Å². The number of carbonyl (C=O) groups is 2. The number of ether oxygens (including phenoxy) is 2. The van der Waals surface area contributed by atoms with E-state index in [-0.39, 0.29) is 17.5 Å². The van der Waals surface area contributed by atoms with Gasteiger partial charge in [-0.3, -0.25) is 4.79 Å². The average Bonchev–Trinajstić information content (AvgIpc) is 2.11. The fourth-order valence-electron chi connectivity index (χ4n) is 2.47. The summed E-state index contributed by atoms with van der Waals surface area (Å²) in [7, 11) is 0. The van der Waals surface area contributed by atoms with Crippen molar-refractivity contribution < 1.29 is 19.1 Å². The molecule has 104 valence electrons. The van der Waals surface area contributed by atoms with Crippen molar-refractivity contribution in [1.82, 2.24) is 0 Å². The van der Waals surface area contributed by atoms with Crippen molar-refractivity contribution in [2.45, 2.75) is 71.2 Å². The maximum atomic E-state index is 11.8. The molecule has 2 atom stereocenters. The molecule has 0 aromatic rings. The Hall–Kier alpha value is -0.900. The SMILES string of the molecule is CC(C)(C)OC(=O)CC1CC(C=O)OC(C)(C)C1. The molecule has 1 aliphatic rings. The monoisotopic (exact) mass is 256 g/mol. The standard InChI is InChI=1S/C14H24O4/c1-13(2,3)18-12(16)7-10-6-11(9-15)17-14(4,5)8-10/h9-11H,6-8H2,1-5H3. The third-order valence-corrected chi connectivity index (χ3v) is 2.84. The molecule has 1 aliphatic heterocycles. The molecule has 1 rings (SSSR count). The average molecular weight is 256 g/mol. The van der Waals surface area contributed by atoms with Gasteiger partial charge in [0.2, 0.25) is 0 Å². The van der Waals surface area contributed by atoms with Crippen LogP contribution in [0.3, 0.4) is 0 Å². The summed E-state index contributed by atoms with van der Waals surface area (Å²) in [5.41, 5.74) is -0.807. The van der Waals surface area contributed by atoms with Gasteiger partial charge in [-0.05, 0) is 53.4 Å². The second-order valence-corrected chi connectivity index (χ2v) is 6.65. The fourth-order valence-corrected chi connectivity index (χ4v) is 2.47. The molecular weight excluding hydrogens is 232 g/mol. The minimum absolute atomic E-state index is 0.152. The Labute approximate surface area is 109 Å². The summed E-state index contributed by atoms with van der Waals surface area (Å²) >= 11 is 0. The number of hydrogen-bond acceptors (Lipinski definition) is 4. The number of carbonyl (C=O) groups excluding carboxylic acids is 2. The zero-order valence-corrected chi connectivity index (χ0v) is 12.0. The molecule has 2 unspecified atom stereocenters. The van der Waals surface area contributed by atoms with Crippen LogP contribution < -0.4 is 0 Å². The topological polar surface area (TPSA) is 52.6 Å². The van der Waals surface area contributed by atoms with Gasteiger partial charge < -0.3 is 14.3 Å². The predicted molar refractivity (Wildman–Crippen MR) is 68.2 cm³/mol. The molecular formula is C14H24O4. The van der Waals surface area contributed by atoms with E-state index in [0.717, 1.165) is 12.7 Å². The summed E-state index contributed by atoms with van der Waals surface area (Å²) in [6.45, 7) is 9.46. The normalized spacial score (nSPS) is 27.6. The lowest BCUT2D eigenvalue weighted by Gasteiger charge is -2.38. The van der Waals surface area contributed by atoms with Crippen molar-refractivity contribution in [3.8, 4) is 0 Å². The maximum Gasteiger partial charge on any atom is 0.306 e. The summed E-state index contributed by atoms with van der Waals surface area (Å²) in [5, 5.41) is 0. The van der Waals surface area contributed by atoms with E-state index >= 15 is 0 Å². The lowest BCUT2D eigenvalue weighted by atomic mass is 9.84. The second kappa shape index (κ2) is 5.39. The second-order valence-electron chi connectivity index (χ2n) is 6.65. The first kappa shape index (κ1) is 15.2. The van der Waals surface area contributed by atoms with Crippen LogP contribution in [-0.2, 0) is 19.1 Å². The number of rotatable bonds is 3. The zero-order chi connectivity index (χ0) is 14.0. The van der Waals surface area contributed by atoms with E-state index in [4.69, 9.17) is 9.47 Å². The van der Waals surface area contributed by atoms with Gasteiger partial charge in [-0.1, -0.05) is 0 Å². The quantitative estimate of drug-likeness (QED) is 0.575. The van der Waals surface area contributed by atoms with E-state index in [9.17, 15) is 9.59 Å². The Balaban J connectivity index is 2.56. The fraction of sp³-hybridized carbons (Fsp3) is 0.857. The predicted octanol–water partition coefficient (Wildman–Crippen LogP) is 2.49. The molecule has 0 bridgehead atoms. The van der Waals surface area contributed by atoms with Crippen LogP contribution in [0.4, 0.5) is 0 Å². The minimum atomic E-state index is -0.457. The van der Waals surface area contributed by atoms with Crippen molar-refractivity contribution in [3.05, 3.63) is 0 Å². The number of hydrogen-bond donors (Lipinski definition) is 0. The molecule has 0 aliphatic carbocycles. The van der Waals surface area contributed by atoms with Crippen LogP contribution in [0.25, 0.3) is 0 Å². The molecule has 4 heteroatoms. The van der Waals surface area contributed by atoms with Crippen LogP contribution in [0.15, 0.2) is 0 Å². The molecule has 4 nitrogen and oxygen atoms in total. The van der Waals surface area contributed by atoms with Gasteiger partial charge in [0.15, 0.2) is 0 Å². The van der Waals surface area contributed by atoms with Crippen molar-refractivity contribution in [2.24, 2.45) is 5.92 Å². The zero-order valence-electron chi connectivity index (χ0n) is 12.0. The smallest absolute Gasteiger partial charge is 0.306 e. The van der Waals surface area contributed by atoms with Gasteiger partial charge in [-0.25, -0.2) is 0 Å². The van der Waals surface area contributed by atoms with Crippen molar-refractivity contribution >= 4 is 12.3 Å². The van der Waals surface area contributed by atoms with Gasteiger partial charge in [-0.15, -0.1) is 0 Å². The summed E-state index contributed by atoms with van der Waals surface area (Å²) in [5.74, 6) is -0.0475. The third kappa shape index (κ3) is 5.17. The molecule has 0 N–H and O–H groups in total. The Kier molecular flexibility index (Phi) is 4.54. The van der Waals surface area contributed by atoms with Gasteiger partial charge in [0, 0.05) is 6.42 Å². The first-order valence-corrected chi connectivity index (χ1v) is 6.46. The van der Waals surface area contributed by atoms with Gasteiger partial charge in [0.1, 0.15) is 18.0 Å². The van der Waals surface area contributed by atoms with Crippen molar-refractivity contribution in [1.29, 1.82) is 0 Å². The van der Waals surface area contributed by atoms with Crippen LogP contribution in [0.5, 0.6) is 0 Å². The Morgan fingerprint density at radius 1 is 1.44 bits per heavy atom. The van der Waals surface area contributed by atoms with Gasteiger partial charge in [0.25, 0.3) is 0 Å². The molecule has 1 saturated heterocycles. The molecule has 0 spiro atoms. The van der Waals surface area contributed by atoms with E-state index < -0.39 is 11.7 Å². The van der Waals surface area contributed by atoms with E-state index in [2.05, 4.69) is 0 Å². The van der Waals surface area contributed by atoms with E-state index in [1.807, 2.05) is 34.6 Å². The largest absolute Gasteiger partial charge is 0.460 e. The van der Waals surface area contributed by atoms with E-state index in [1.54, 1.807) is 0 Å². The summed E-state index contributed by atoms with van der Waals surface area (Å²) in [4.78, 5) is 22.6. The van der Waals surface area contributed by atoms with E-state index in [0.29, 0.717) is 12.8 Å². The highest BCUT2D eigenvalue weighted by molar-refractivity contribution is 5.70. The van der Waals surface area contributed by atoms with Crippen LogP contribution in [0, 0.1) is 5.92 Å². The van der Waals surface area contributed by atoms with Gasteiger partial charge >= 0.3 is 5.97 Å². The molecule has 18 heavy (non-hydrogen) atoms. The maximum absolute atomic E-state index is 11.8. The summed E-state index contributed by atoms with van der Waals surface area (Å²) < 4.78 is 10.9. The third-order valence-electron chi connectivity index (χ3n) is 2.84. The first-order chi connectivity index (χ1) is 8.11. The van der Waals surface area contributed by atoms with E-state index in [1.165, 1.54) is 0 Å². The summed E-state index contributed by atoms with van der Waals surface area (Å²) in [6, 6.07) is 0. The molecule has 1 fully saturated rings. The van der Waals surface area contributed by atoms with Crippen molar-refractivity contribution in [3.63, 3.8) is 0 Å². The number of esters is 1. The highest BCUT2D eigenvalue weighted by atomic mass is 16.6. The molecule has 0 amide bonds. The Morgan fingerprint density at radius 2 is 2.06 bits per heavy atom. The Morgan fingerprint density at radius 3 is 2.56 bits per heavy atom. The highest BCUT2D eigenvalue weighted by Crippen LogP contribution is 2.34. The van der Waals surface area contributed by atoms with Crippen molar-refractivity contribution in [2.75, 3.05) is 0 Å². The van der Waals surface area contributed by atoms with Crippen LogP contribution in [0.2, 0.25) is 0 Å². The van der Waals surface area contributed by atoms with Crippen LogP contribution in [0.1, 0.15) is 53.9 Å². The molecule has 1 heterocycles. The lowest BCUT2D eigenvalue weighted by Crippen LogP contribution is -2.41. The molecule has 0 aromatic carbocycles. The lowest BCUT2D eigenvalue weighted by molar-refractivity contribution is -0.163. The minimum Gasteiger partial charge on any atom is -0.460 e. The molecule has 0 radical (unpaired) electrons. The van der Waals surface area contributed by atoms with Gasteiger partial charge in [-0.2, -0.15) is 0 Å². The van der Waals surface area contributed by atoms with Crippen LogP contribution in [-0.4, -0.2) is 29.6 Å².